The molecule has 1 N–H and O–H groups in total. The highest BCUT2D eigenvalue weighted by molar-refractivity contribution is 5.59. The lowest BCUT2D eigenvalue weighted by molar-refractivity contribution is -0.384. The second kappa shape index (κ2) is 4.89. The van der Waals surface area contributed by atoms with Crippen LogP contribution in [0, 0.1) is 10.1 Å². The smallest absolute Gasteiger partial charge is 0.310 e. The first-order valence-corrected chi connectivity index (χ1v) is 4.84. The Morgan fingerprint density at radius 1 is 1.62 bits per heavy atom. The molecule has 1 heterocycles. The summed E-state index contributed by atoms with van der Waals surface area (Å²) in [5.74, 6) is 0. The largest absolute Gasteiger partial charge is 0.377 e. The van der Waals surface area contributed by atoms with E-state index < -0.39 is 4.92 Å². The molecule has 6 nitrogen and oxygen atoms in total. The van der Waals surface area contributed by atoms with E-state index in [1.165, 1.54) is 12.4 Å². The van der Waals surface area contributed by atoms with Crippen LogP contribution in [-0.4, -0.2) is 29.2 Å². The van der Waals surface area contributed by atoms with Crippen molar-refractivity contribution >= 4 is 11.4 Å². The average Bonchev–Trinajstić information content (AvgIpc) is 2.27. The number of nitrogens with zero attached hydrogens (tertiary/aromatic N) is 2. The molecule has 0 aromatic carbocycles. The standard InChI is InChI=1S/C10H15N3O3/c1-10(2,16-3)7-12-8-4-5-11-6-9(8)13(14)15/h4-6H,7H2,1-3H3,(H,11,12). The van der Waals surface area contributed by atoms with E-state index in [1.54, 1.807) is 13.2 Å². The zero-order valence-corrected chi connectivity index (χ0v) is 9.56. The highest BCUT2D eigenvalue weighted by atomic mass is 16.6. The lowest BCUT2D eigenvalue weighted by Crippen LogP contribution is -2.32. The summed E-state index contributed by atoms with van der Waals surface area (Å²) in [7, 11) is 1.60. The van der Waals surface area contributed by atoms with Crippen LogP contribution >= 0.6 is 0 Å². The van der Waals surface area contributed by atoms with Gasteiger partial charge in [-0.2, -0.15) is 0 Å². The van der Waals surface area contributed by atoms with Crippen molar-refractivity contribution in [3.05, 3.63) is 28.6 Å². The molecule has 0 fully saturated rings. The van der Waals surface area contributed by atoms with Crippen LogP contribution in [0.1, 0.15) is 13.8 Å². The molecule has 0 bridgehead atoms. The number of nitrogens with one attached hydrogen (secondary N) is 1. The lowest BCUT2D eigenvalue weighted by atomic mass is 10.1. The first-order chi connectivity index (χ1) is 7.46. The predicted molar refractivity (Wildman–Crippen MR) is 60.5 cm³/mol. The summed E-state index contributed by atoms with van der Waals surface area (Å²) < 4.78 is 5.21. The quantitative estimate of drug-likeness (QED) is 0.611. The minimum atomic E-state index is -0.463. The molecule has 6 heteroatoms. The molecule has 0 saturated heterocycles. The summed E-state index contributed by atoms with van der Waals surface area (Å²) in [6.07, 6.45) is 2.73. The second-order valence-electron chi connectivity index (χ2n) is 3.97. The van der Waals surface area contributed by atoms with Gasteiger partial charge in [0.1, 0.15) is 11.9 Å². The molecule has 0 aliphatic heterocycles. The summed E-state index contributed by atoms with van der Waals surface area (Å²) in [5, 5.41) is 13.7. The number of pyridine rings is 1. The van der Waals surface area contributed by atoms with Crippen molar-refractivity contribution in [2.24, 2.45) is 0 Å². The first kappa shape index (κ1) is 12.4. The van der Waals surface area contributed by atoms with Crippen LogP contribution in [0.2, 0.25) is 0 Å². The van der Waals surface area contributed by atoms with Gasteiger partial charge < -0.3 is 10.1 Å². The van der Waals surface area contributed by atoms with Gasteiger partial charge in [-0.05, 0) is 19.9 Å². The van der Waals surface area contributed by atoms with Gasteiger partial charge in [0.2, 0.25) is 0 Å². The number of aromatic nitrogens is 1. The van der Waals surface area contributed by atoms with Crippen LogP contribution in [-0.2, 0) is 4.74 Å². The fourth-order valence-electron chi connectivity index (χ4n) is 1.06. The van der Waals surface area contributed by atoms with Crippen LogP contribution in [0.5, 0.6) is 0 Å². The van der Waals surface area contributed by atoms with Crippen LogP contribution in [0.3, 0.4) is 0 Å². The first-order valence-electron chi connectivity index (χ1n) is 4.84. The summed E-state index contributed by atoms with van der Waals surface area (Å²) in [6.45, 7) is 4.27. The number of methoxy groups -OCH3 is 1. The predicted octanol–water partition coefficient (Wildman–Crippen LogP) is 1.83. The molecule has 16 heavy (non-hydrogen) atoms. The molecule has 1 rings (SSSR count). The van der Waals surface area contributed by atoms with Crippen molar-refractivity contribution in [2.45, 2.75) is 19.4 Å². The summed E-state index contributed by atoms with van der Waals surface area (Å²) in [5.41, 5.74) is 0.0384. The monoisotopic (exact) mass is 225 g/mol. The molecule has 0 atom stereocenters. The van der Waals surface area contributed by atoms with E-state index in [0.29, 0.717) is 12.2 Å². The molecular weight excluding hydrogens is 210 g/mol. The van der Waals surface area contributed by atoms with Crippen molar-refractivity contribution in [3.63, 3.8) is 0 Å². The molecule has 1 aromatic rings. The van der Waals surface area contributed by atoms with Gasteiger partial charge in [0.15, 0.2) is 0 Å². The van der Waals surface area contributed by atoms with Crippen molar-refractivity contribution < 1.29 is 9.66 Å². The Morgan fingerprint density at radius 2 is 2.31 bits per heavy atom. The molecule has 0 unspecified atom stereocenters. The highest BCUT2D eigenvalue weighted by Crippen LogP contribution is 2.22. The number of hydrogen-bond acceptors (Lipinski definition) is 5. The van der Waals surface area contributed by atoms with E-state index in [4.69, 9.17) is 4.74 Å². The van der Waals surface area contributed by atoms with Crippen molar-refractivity contribution in [2.75, 3.05) is 19.0 Å². The summed E-state index contributed by atoms with van der Waals surface area (Å²) >= 11 is 0. The van der Waals surface area contributed by atoms with E-state index in [0.717, 1.165) is 0 Å². The Hall–Kier alpha value is -1.69. The average molecular weight is 225 g/mol. The van der Waals surface area contributed by atoms with Gasteiger partial charge in [-0.25, -0.2) is 0 Å². The van der Waals surface area contributed by atoms with Crippen LogP contribution in [0.15, 0.2) is 18.5 Å². The molecule has 0 aliphatic rings. The maximum absolute atomic E-state index is 10.7. The molecular formula is C10H15N3O3. The summed E-state index contributed by atoms with van der Waals surface area (Å²) in [4.78, 5) is 14.0. The van der Waals surface area contributed by atoms with Crippen molar-refractivity contribution in [3.8, 4) is 0 Å². The fraction of sp³-hybridized carbons (Fsp3) is 0.500. The molecule has 0 aliphatic carbocycles. The van der Waals surface area contributed by atoms with Gasteiger partial charge in [0, 0.05) is 19.9 Å². The molecule has 0 radical (unpaired) electrons. The summed E-state index contributed by atoms with van der Waals surface area (Å²) in [6, 6.07) is 1.57. The fourth-order valence-corrected chi connectivity index (χ4v) is 1.06. The highest BCUT2D eigenvalue weighted by Gasteiger charge is 2.19. The van der Waals surface area contributed by atoms with Gasteiger partial charge in [0.05, 0.1) is 10.5 Å². The minimum Gasteiger partial charge on any atom is -0.377 e. The Bertz CT molecular complexity index is 379. The zero-order chi connectivity index (χ0) is 12.2. The van der Waals surface area contributed by atoms with E-state index in [9.17, 15) is 10.1 Å². The maximum atomic E-state index is 10.7. The second-order valence-corrected chi connectivity index (χ2v) is 3.97. The Morgan fingerprint density at radius 3 is 2.88 bits per heavy atom. The normalized spacial score (nSPS) is 11.2. The molecule has 1 aromatic heterocycles. The zero-order valence-electron chi connectivity index (χ0n) is 9.56. The number of nitro groups is 1. The Labute approximate surface area is 93.8 Å². The number of ether oxygens (including phenoxy) is 1. The van der Waals surface area contributed by atoms with Gasteiger partial charge >= 0.3 is 5.69 Å². The number of anilines is 1. The maximum Gasteiger partial charge on any atom is 0.310 e. The number of hydrogen-bond donors (Lipinski definition) is 1. The van der Waals surface area contributed by atoms with E-state index in [2.05, 4.69) is 10.3 Å². The number of rotatable bonds is 5. The lowest BCUT2D eigenvalue weighted by Gasteiger charge is -2.23. The van der Waals surface area contributed by atoms with Gasteiger partial charge in [-0.1, -0.05) is 0 Å². The third-order valence-electron chi connectivity index (χ3n) is 2.25. The topological polar surface area (TPSA) is 77.3 Å². The van der Waals surface area contributed by atoms with Crippen LogP contribution in [0.4, 0.5) is 11.4 Å². The molecule has 88 valence electrons. The van der Waals surface area contributed by atoms with E-state index in [1.807, 2.05) is 13.8 Å². The van der Waals surface area contributed by atoms with E-state index >= 15 is 0 Å². The third kappa shape index (κ3) is 3.16. The third-order valence-corrected chi connectivity index (χ3v) is 2.25. The van der Waals surface area contributed by atoms with Crippen molar-refractivity contribution in [1.82, 2.24) is 4.98 Å². The Balaban J connectivity index is 2.78. The Kier molecular flexibility index (Phi) is 3.78. The van der Waals surface area contributed by atoms with Gasteiger partial charge in [0.25, 0.3) is 0 Å². The SMILES string of the molecule is COC(C)(C)CNc1ccncc1[N+](=O)[O-]. The molecule has 0 saturated carbocycles. The van der Waals surface area contributed by atoms with Crippen LogP contribution < -0.4 is 5.32 Å². The van der Waals surface area contributed by atoms with Crippen LogP contribution in [0.25, 0.3) is 0 Å². The molecule has 0 amide bonds. The van der Waals surface area contributed by atoms with Crippen molar-refractivity contribution in [1.29, 1.82) is 0 Å². The van der Waals surface area contributed by atoms with Gasteiger partial charge in [-0.15, -0.1) is 0 Å². The van der Waals surface area contributed by atoms with Gasteiger partial charge in [-0.3, -0.25) is 15.1 Å². The molecule has 0 spiro atoms. The van der Waals surface area contributed by atoms with E-state index in [-0.39, 0.29) is 11.3 Å². The minimum absolute atomic E-state index is 0.0330.